The Morgan fingerprint density at radius 3 is 2.78 bits per heavy atom. The monoisotopic (exact) mass is 369 g/mol. The average Bonchev–Trinajstić information content (AvgIpc) is 3.50. The minimum absolute atomic E-state index is 0.0640. The minimum atomic E-state index is -0.462. The van der Waals surface area contributed by atoms with Crippen molar-refractivity contribution in [1.29, 1.82) is 0 Å². The summed E-state index contributed by atoms with van der Waals surface area (Å²) in [6, 6.07) is 1.85. The first-order chi connectivity index (χ1) is 13.1. The lowest BCUT2D eigenvalue weighted by atomic mass is 9.91. The molecule has 1 saturated carbocycles. The van der Waals surface area contributed by atoms with Crippen LogP contribution in [0.1, 0.15) is 54.1 Å². The van der Waals surface area contributed by atoms with Gasteiger partial charge in [0.15, 0.2) is 0 Å². The van der Waals surface area contributed by atoms with Crippen molar-refractivity contribution >= 4 is 6.03 Å². The summed E-state index contributed by atoms with van der Waals surface area (Å²) >= 11 is 0. The molecule has 2 amide bonds. The molecule has 2 heterocycles. The van der Waals surface area contributed by atoms with Gasteiger partial charge in [-0.1, -0.05) is 0 Å². The van der Waals surface area contributed by atoms with Crippen LogP contribution >= 0.6 is 0 Å². The van der Waals surface area contributed by atoms with Gasteiger partial charge in [-0.05, 0) is 55.7 Å². The minimum Gasteiger partial charge on any atom is -0.334 e. The normalized spacial score (nSPS) is 15.9. The number of hydrogen-bond donors (Lipinski definition) is 3. The molecule has 1 fully saturated rings. The lowest BCUT2D eigenvalue weighted by molar-refractivity contribution is 0.240. The number of carbonyl (C=O) groups is 1. The fourth-order valence-electron chi connectivity index (χ4n) is 3.57. The number of aryl methyl sites for hydroxylation is 1. The molecule has 8 nitrogen and oxygen atoms in total. The van der Waals surface area contributed by atoms with E-state index in [0.717, 1.165) is 37.8 Å². The molecule has 0 aromatic carbocycles. The Kier molecular flexibility index (Phi) is 4.79. The Bertz CT molecular complexity index is 974. The van der Waals surface area contributed by atoms with Gasteiger partial charge >= 0.3 is 11.7 Å². The number of fused-ring (bicyclic) bond motifs is 1. The maximum absolute atomic E-state index is 12.1. The van der Waals surface area contributed by atoms with Crippen LogP contribution < -0.4 is 21.9 Å². The molecule has 27 heavy (non-hydrogen) atoms. The molecule has 0 bridgehead atoms. The van der Waals surface area contributed by atoms with Crippen LogP contribution in [-0.2, 0) is 25.9 Å². The number of pyridine rings is 1. The zero-order valence-corrected chi connectivity index (χ0v) is 15.1. The summed E-state index contributed by atoms with van der Waals surface area (Å²) in [4.78, 5) is 42.6. The molecule has 8 heteroatoms. The van der Waals surface area contributed by atoms with E-state index in [1.54, 1.807) is 12.4 Å². The molecule has 2 aliphatic carbocycles. The van der Waals surface area contributed by atoms with Crippen molar-refractivity contribution in [3.63, 3.8) is 0 Å². The van der Waals surface area contributed by atoms with Crippen LogP contribution in [0, 0.1) is 0 Å². The smallest absolute Gasteiger partial charge is 0.328 e. The van der Waals surface area contributed by atoms with Crippen molar-refractivity contribution in [2.24, 2.45) is 0 Å². The van der Waals surface area contributed by atoms with E-state index < -0.39 is 11.2 Å². The number of amides is 2. The highest BCUT2D eigenvalue weighted by molar-refractivity contribution is 5.73. The van der Waals surface area contributed by atoms with Crippen molar-refractivity contribution in [3.05, 3.63) is 61.7 Å². The number of aromatic amines is 1. The Hall–Kier alpha value is -2.90. The third kappa shape index (κ3) is 3.94. The number of nitrogens with zero attached hydrogens (tertiary/aromatic N) is 2. The number of rotatable bonds is 5. The van der Waals surface area contributed by atoms with Crippen LogP contribution in [0.3, 0.4) is 0 Å². The molecule has 2 aromatic heterocycles. The highest BCUT2D eigenvalue weighted by atomic mass is 16.2. The second kappa shape index (κ2) is 7.38. The Morgan fingerprint density at radius 1 is 1.19 bits per heavy atom. The molecule has 0 spiro atoms. The molecule has 0 radical (unpaired) electrons. The third-order valence-electron chi connectivity index (χ3n) is 5.20. The Morgan fingerprint density at radius 2 is 1.96 bits per heavy atom. The molecular weight excluding hydrogens is 346 g/mol. The first-order valence-electron chi connectivity index (χ1n) is 9.43. The van der Waals surface area contributed by atoms with Gasteiger partial charge in [-0.25, -0.2) is 9.59 Å². The molecule has 0 aliphatic heterocycles. The molecule has 0 unspecified atom stereocenters. The second-order valence-corrected chi connectivity index (χ2v) is 7.19. The first-order valence-corrected chi connectivity index (χ1v) is 9.43. The van der Waals surface area contributed by atoms with Crippen molar-refractivity contribution in [2.75, 3.05) is 0 Å². The van der Waals surface area contributed by atoms with Crippen LogP contribution in [0.5, 0.6) is 0 Å². The zero-order chi connectivity index (χ0) is 18.8. The lowest BCUT2D eigenvalue weighted by Gasteiger charge is -2.18. The van der Waals surface area contributed by atoms with E-state index in [9.17, 15) is 14.4 Å². The molecule has 3 N–H and O–H groups in total. The summed E-state index contributed by atoms with van der Waals surface area (Å²) in [6.07, 6.45) is 9.63. The lowest BCUT2D eigenvalue weighted by Crippen LogP contribution is -2.38. The quantitative estimate of drug-likeness (QED) is 0.734. The first kappa shape index (κ1) is 17.5. The standard InChI is InChI=1S/C19H23N5O3/c25-17-13(11-24(14-5-6-14)19(27)23-17)9-21-18(26)22-10-16-15-4-2-1-3-12(15)7-8-20-16/h7-8,11,14H,1-6,9-10H2,(H2,21,22,26)(H,23,25,27). The predicted octanol–water partition coefficient (Wildman–Crippen LogP) is 1.14. The van der Waals surface area contributed by atoms with Gasteiger partial charge in [-0.3, -0.25) is 19.3 Å². The number of aromatic nitrogens is 3. The van der Waals surface area contributed by atoms with E-state index in [1.807, 2.05) is 0 Å². The Labute approximate surface area is 156 Å². The van der Waals surface area contributed by atoms with E-state index >= 15 is 0 Å². The highest BCUT2D eigenvalue weighted by Crippen LogP contribution is 2.33. The van der Waals surface area contributed by atoms with E-state index in [2.05, 4.69) is 26.7 Å². The molecule has 0 saturated heterocycles. The maximum Gasteiger partial charge on any atom is 0.328 e. The predicted molar refractivity (Wildman–Crippen MR) is 99.5 cm³/mol. The van der Waals surface area contributed by atoms with Crippen molar-refractivity contribution in [2.45, 2.75) is 57.7 Å². The van der Waals surface area contributed by atoms with Crippen LogP contribution in [-0.4, -0.2) is 20.6 Å². The van der Waals surface area contributed by atoms with Gasteiger partial charge in [-0.2, -0.15) is 0 Å². The SMILES string of the molecule is O=C(NCc1nccc2c1CCCC2)NCc1cn(C2CC2)c(=O)[nH]c1=O. The van der Waals surface area contributed by atoms with Gasteiger partial charge in [-0.15, -0.1) is 0 Å². The number of H-pyrrole nitrogens is 1. The fraction of sp³-hybridized carbons (Fsp3) is 0.474. The van der Waals surface area contributed by atoms with E-state index in [0.29, 0.717) is 12.1 Å². The van der Waals surface area contributed by atoms with Gasteiger partial charge in [0.2, 0.25) is 0 Å². The maximum atomic E-state index is 12.1. The summed E-state index contributed by atoms with van der Waals surface area (Å²) in [7, 11) is 0. The van der Waals surface area contributed by atoms with E-state index in [4.69, 9.17) is 0 Å². The van der Waals surface area contributed by atoms with E-state index in [-0.39, 0.29) is 18.6 Å². The number of urea groups is 1. The largest absolute Gasteiger partial charge is 0.334 e. The topological polar surface area (TPSA) is 109 Å². The number of nitrogens with one attached hydrogen (secondary N) is 3. The molecule has 2 aliphatic rings. The molecule has 142 valence electrons. The van der Waals surface area contributed by atoms with Gasteiger partial charge in [0.1, 0.15) is 0 Å². The fourth-order valence-corrected chi connectivity index (χ4v) is 3.57. The second-order valence-electron chi connectivity index (χ2n) is 7.19. The summed E-state index contributed by atoms with van der Waals surface area (Å²) in [5.41, 5.74) is 2.99. The van der Waals surface area contributed by atoms with Gasteiger partial charge < -0.3 is 10.6 Å². The molecule has 4 rings (SSSR count). The summed E-state index contributed by atoms with van der Waals surface area (Å²) in [5, 5.41) is 5.49. The van der Waals surface area contributed by atoms with Crippen LogP contribution in [0.25, 0.3) is 0 Å². The summed E-state index contributed by atoms with van der Waals surface area (Å²) in [5.74, 6) is 0. The molecular formula is C19H23N5O3. The van der Waals surface area contributed by atoms with Gasteiger partial charge in [0.25, 0.3) is 5.56 Å². The molecule has 0 atom stereocenters. The van der Waals surface area contributed by atoms with Crippen LogP contribution in [0.15, 0.2) is 28.0 Å². The summed E-state index contributed by atoms with van der Waals surface area (Å²) < 4.78 is 1.54. The summed E-state index contributed by atoms with van der Waals surface area (Å²) in [6.45, 7) is 0.418. The third-order valence-corrected chi connectivity index (χ3v) is 5.20. The zero-order valence-electron chi connectivity index (χ0n) is 15.1. The Balaban J connectivity index is 1.36. The molecule has 2 aromatic rings. The number of hydrogen-bond acceptors (Lipinski definition) is 4. The van der Waals surface area contributed by atoms with Crippen molar-refractivity contribution in [3.8, 4) is 0 Å². The highest BCUT2D eigenvalue weighted by Gasteiger charge is 2.25. The van der Waals surface area contributed by atoms with Crippen LogP contribution in [0.2, 0.25) is 0 Å². The van der Waals surface area contributed by atoms with E-state index in [1.165, 1.54) is 22.1 Å². The number of carbonyl (C=O) groups excluding carboxylic acids is 1. The van der Waals surface area contributed by atoms with Crippen molar-refractivity contribution < 1.29 is 4.79 Å². The van der Waals surface area contributed by atoms with Crippen molar-refractivity contribution in [1.82, 2.24) is 25.2 Å². The van der Waals surface area contributed by atoms with Crippen LogP contribution in [0.4, 0.5) is 4.79 Å². The average molecular weight is 369 g/mol. The van der Waals surface area contributed by atoms with Gasteiger partial charge in [0.05, 0.1) is 24.3 Å². The van der Waals surface area contributed by atoms with Gasteiger partial charge in [0, 0.05) is 18.4 Å².